The van der Waals surface area contributed by atoms with Crippen molar-refractivity contribution in [2.45, 2.75) is 34.6 Å². The van der Waals surface area contributed by atoms with Crippen LogP contribution in [-0.2, 0) is 9.59 Å². The molecule has 9 heteroatoms. The number of benzene rings is 2. The fraction of sp³-hybridized carbons (Fsp3) is 0.192. The van der Waals surface area contributed by atoms with E-state index in [4.69, 9.17) is 12.2 Å². The van der Waals surface area contributed by atoms with E-state index in [-0.39, 0.29) is 16.4 Å². The Morgan fingerprint density at radius 1 is 0.943 bits per heavy atom. The van der Waals surface area contributed by atoms with Crippen LogP contribution >= 0.6 is 12.2 Å². The second kappa shape index (κ2) is 8.92. The van der Waals surface area contributed by atoms with Gasteiger partial charge in [-0.1, -0.05) is 17.7 Å². The van der Waals surface area contributed by atoms with Gasteiger partial charge in [0.25, 0.3) is 17.5 Å². The second-order valence-corrected chi connectivity index (χ2v) is 9.02. The summed E-state index contributed by atoms with van der Waals surface area (Å²) in [4.78, 5) is 38.3. The monoisotopic (exact) mass is 488 g/mol. The fourth-order valence-electron chi connectivity index (χ4n) is 4.40. The van der Waals surface area contributed by atoms with Crippen LogP contribution in [0, 0.1) is 44.7 Å². The van der Waals surface area contributed by atoms with Crippen molar-refractivity contribution in [3.05, 3.63) is 91.8 Å². The summed E-state index contributed by atoms with van der Waals surface area (Å²) in [5, 5.41) is 13.8. The number of nitrogens with one attached hydrogen (secondary N) is 1. The lowest BCUT2D eigenvalue weighted by molar-refractivity contribution is -0.384. The Balaban J connectivity index is 1.78. The van der Waals surface area contributed by atoms with E-state index in [0.717, 1.165) is 33.8 Å². The molecule has 0 bridgehead atoms. The summed E-state index contributed by atoms with van der Waals surface area (Å²) in [6.07, 6.45) is 1.56. The summed E-state index contributed by atoms with van der Waals surface area (Å²) in [7, 11) is 0. The zero-order valence-electron chi connectivity index (χ0n) is 20.0. The number of nitro benzene ring substituents is 1. The van der Waals surface area contributed by atoms with Gasteiger partial charge in [-0.15, -0.1) is 0 Å². The van der Waals surface area contributed by atoms with Crippen molar-refractivity contribution in [3.8, 4) is 5.69 Å². The largest absolute Gasteiger partial charge is 0.318 e. The van der Waals surface area contributed by atoms with E-state index in [1.165, 1.54) is 17.0 Å². The van der Waals surface area contributed by atoms with Crippen molar-refractivity contribution >= 4 is 46.6 Å². The molecule has 1 aliphatic heterocycles. The summed E-state index contributed by atoms with van der Waals surface area (Å²) < 4.78 is 1.95. The number of carbonyl (C=O) groups is 2. The maximum absolute atomic E-state index is 13.5. The molecule has 35 heavy (non-hydrogen) atoms. The van der Waals surface area contributed by atoms with Gasteiger partial charge in [0.1, 0.15) is 5.57 Å². The van der Waals surface area contributed by atoms with Crippen LogP contribution in [0.5, 0.6) is 0 Å². The molecule has 8 nitrogen and oxygen atoms in total. The van der Waals surface area contributed by atoms with Crippen molar-refractivity contribution in [1.29, 1.82) is 0 Å². The van der Waals surface area contributed by atoms with Crippen LogP contribution < -0.4 is 10.2 Å². The number of anilines is 1. The van der Waals surface area contributed by atoms with Crippen molar-refractivity contribution in [3.63, 3.8) is 0 Å². The average molecular weight is 489 g/mol. The molecule has 4 rings (SSSR count). The maximum Gasteiger partial charge on any atom is 0.270 e. The van der Waals surface area contributed by atoms with Crippen molar-refractivity contribution < 1.29 is 14.5 Å². The molecule has 2 heterocycles. The molecule has 0 spiro atoms. The minimum Gasteiger partial charge on any atom is -0.318 e. The van der Waals surface area contributed by atoms with Crippen LogP contribution in [0.1, 0.15) is 33.6 Å². The van der Waals surface area contributed by atoms with E-state index in [0.29, 0.717) is 11.3 Å². The van der Waals surface area contributed by atoms with Crippen molar-refractivity contribution in [2.24, 2.45) is 0 Å². The summed E-state index contributed by atoms with van der Waals surface area (Å²) in [5.74, 6) is -1.06. The Kier molecular flexibility index (Phi) is 6.12. The minimum atomic E-state index is -0.558. The molecule has 3 aromatic rings. The number of nitrogens with zero attached hydrogens (tertiary/aromatic N) is 3. The molecule has 0 atom stereocenters. The third-order valence-electron chi connectivity index (χ3n) is 6.10. The van der Waals surface area contributed by atoms with Crippen LogP contribution in [0.3, 0.4) is 0 Å². The van der Waals surface area contributed by atoms with E-state index < -0.39 is 16.7 Å². The molecular weight excluding hydrogens is 464 g/mol. The third-order valence-corrected chi connectivity index (χ3v) is 6.38. The first-order chi connectivity index (χ1) is 16.5. The van der Waals surface area contributed by atoms with E-state index in [9.17, 15) is 19.7 Å². The number of rotatable bonds is 4. The molecule has 1 saturated heterocycles. The normalized spacial score (nSPS) is 15.1. The van der Waals surface area contributed by atoms with Gasteiger partial charge < -0.3 is 4.57 Å². The summed E-state index contributed by atoms with van der Waals surface area (Å²) in [6, 6.07) is 12.2. The van der Waals surface area contributed by atoms with Gasteiger partial charge in [0.05, 0.1) is 10.6 Å². The Morgan fingerprint density at radius 2 is 1.60 bits per heavy atom. The lowest BCUT2D eigenvalue weighted by Gasteiger charge is -2.30. The minimum absolute atomic E-state index is 0.0167. The highest BCUT2D eigenvalue weighted by atomic mass is 32.1. The Labute approximate surface area is 208 Å². The number of hydrogen-bond donors (Lipinski definition) is 1. The molecule has 0 radical (unpaired) electrons. The molecular formula is C26H24N4O4S. The van der Waals surface area contributed by atoms with Crippen LogP contribution in [0.25, 0.3) is 11.8 Å². The Morgan fingerprint density at radius 3 is 2.23 bits per heavy atom. The molecule has 1 fully saturated rings. The van der Waals surface area contributed by atoms with E-state index in [1.54, 1.807) is 19.1 Å². The fourth-order valence-corrected chi connectivity index (χ4v) is 4.67. The van der Waals surface area contributed by atoms with Gasteiger partial charge in [0.15, 0.2) is 5.11 Å². The van der Waals surface area contributed by atoms with Crippen LogP contribution in [0.2, 0.25) is 0 Å². The third kappa shape index (κ3) is 4.26. The molecule has 0 aliphatic carbocycles. The molecule has 1 aromatic heterocycles. The molecule has 178 valence electrons. The van der Waals surface area contributed by atoms with Gasteiger partial charge in [0.2, 0.25) is 0 Å². The topological polar surface area (TPSA) is 97.5 Å². The van der Waals surface area contributed by atoms with Crippen LogP contribution in [0.4, 0.5) is 11.4 Å². The zero-order valence-corrected chi connectivity index (χ0v) is 20.8. The SMILES string of the molecule is Cc1ccc(N2C(=O)/C(=C/c3cc(C)n(-c4ccc([N+](=O)[O-])cc4C)c3C)C(=O)NC2=S)c(C)c1. The van der Waals surface area contributed by atoms with Gasteiger partial charge >= 0.3 is 0 Å². The number of aryl methyl sites for hydroxylation is 4. The standard InChI is InChI=1S/C26H24N4O4S/c1-14-6-8-23(15(2)10-14)29-25(32)21(24(31)27-26(29)35)13-19-12-17(4)28(18(19)5)22-9-7-20(30(33)34)11-16(22)3/h6-13H,1-5H3,(H,27,31,35)/b21-13+. The molecule has 0 saturated carbocycles. The van der Waals surface area contributed by atoms with E-state index >= 15 is 0 Å². The highest BCUT2D eigenvalue weighted by molar-refractivity contribution is 7.80. The lowest BCUT2D eigenvalue weighted by atomic mass is 10.0. The number of thiocarbonyl (C=S) groups is 1. The smallest absolute Gasteiger partial charge is 0.270 e. The first-order valence-electron chi connectivity index (χ1n) is 10.9. The lowest BCUT2D eigenvalue weighted by Crippen LogP contribution is -2.54. The Hall–Kier alpha value is -4.11. The molecule has 2 aromatic carbocycles. The number of nitro groups is 1. The van der Waals surface area contributed by atoms with Crippen LogP contribution in [-0.4, -0.2) is 26.4 Å². The van der Waals surface area contributed by atoms with Crippen molar-refractivity contribution in [2.75, 3.05) is 4.90 Å². The van der Waals surface area contributed by atoms with Gasteiger partial charge in [-0.3, -0.25) is 29.9 Å². The molecule has 1 N–H and O–H groups in total. The van der Waals surface area contributed by atoms with E-state index in [1.807, 2.05) is 56.5 Å². The maximum atomic E-state index is 13.5. The van der Waals surface area contributed by atoms with Gasteiger partial charge in [-0.2, -0.15) is 0 Å². The van der Waals surface area contributed by atoms with Gasteiger partial charge in [-0.05, 0) is 87.8 Å². The summed E-state index contributed by atoms with van der Waals surface area (Å²) >= 11 is 5.32. The predicted octanol–water partition coefficient (Wildman–Crippen LogP) is 4.76. The number of non-ortho nitro benzene ring substituents is 1. The highest BCUT2D eigenvalue weighted by Gasteiger charge is 2.35. The quantitative estimate of drug-likeness (QED) is 0.188. The average Bonchev–Trinajstić information content (AvgIpc) is 3.05. The molecule has 1 aliphatic rings. The molecule has 2 amide bonds. The highest BCUT2D eigenvalue weighted by Crippen LogP contribution is 2.29. The van der Waals surface area contributed by atoms with Crippen LogP contribution in [0.15, 0.2) is 48.0 Å². The first kappa shape index (κ1) is 24.0. The number of hydrogen-bond acceptors (Lipinski definition) is 5. The number of aromatic nitrogens is 1. The number of amides is 2. The van der Waals surface area contributed by atoms with E-state index in [2.05, 4.69) is 5.32 Å². The Bertz CT molecular complexity index is 1470. The zero-order chi connectivity index (χ0) is 25.6. The second-order valence-electron chi connectivity index (χ2n) is 8.64. The number of carbonyl (C=O) groups excluding carboxylic acids is 2. The first-order valence-corrected chi connectivity index (χ1v) is 11.3. The summed E-state index contributed by atoms with van der Waals surface area (Å²) in [6.45, 7) is 9.43. The summed E-state index contributed by atoms with van der Waals surface area (Å²) in [5.41, 5.74) is 6.37. The van der Waals surface area contributed by atoms with Gasteiger partial charge in [0, 0.05) is 29.2 Å². The molecule has 0 unspecified atom stereocenters. The van der Waals surface area contributed by atoms with Gasteiger partial charge in [-0.25, -0.2) is 0 Å². The van der Waals surface area contributed by atoms with Crippen molar-refractivity contribution in [1.82, 2.24) is 9.88 Å². The predicted molar refractivity (Wildman–Crippen MR) is 139 cm³/mol.